The molecule has 2 aliphatic rings. The van der Waals surface area contributed by atoms with Gasteiger partial charge in [-0.25, -0.2) is 4.18 Å². The number of rotatable bonds is 15. The molecule has 0 bridgehead atoms. The van der Waals surface area contributed by atoms with Gasteiger partial charge in [0.05, 0.1) is 18.8 Å². The topological polar surface area (TPSA) is 317 Å². The highest BCUT2D eigenvalue weighted by molar-refractivity contribution is 7.83. The molecular formula is C21H42N2O18S2Si. The molecule has 1 amide bonds. The fraction of sp³-hybridized carbons (Fsp3) is 0.952. The van der Waals surface area contributed by atoms with Gasteiger partial charge in [0.2, 0.25) is 5.91 Å². The number of ether oxygens (including phenoxy) is 4. The second-order valence-corrected chi connectivity index (χ2v) is 15.4. The van der Waals surface area contributed by atoms with E-state index < -0.39 is 115 Å². The first kappa shape index (κ1) is 39.2. The molecule has 2 rings (SSSR count). The van der Waals surface area contributed by atoms with E-state index >= 15 is 0 Å². The summed E-state index contributed by atoms with van der Waals surface area (Å²) < 4.78 is 92.8. The first-order valence-corrected chi connectivity index (χ1v) is 18.3. The van der Waals surface area contributed by atoms with Crippen LogP contribution in [0.25, 0.3) is 0 Å². The van der Waals surface area contributed by atoms with Crippen LogP contribution in [0.5, 0.6) is 0 Å². The highest BCUT2D eigenvalue weighted by atomic mass is 32.3. The van der Waals surface area contributed by atoms with Crippen molar-refractivity contribution in [2.75, 3.05) is 13.2 Å². The molecule has 0 aromatic carbocycles. The number of nitrogens with one attached hydrogen (secondary N) is 2. The van der Waals surface area contributed by atoms with Gasteiger partial charge in [-0.15, -0.1) is 0 Å². The number of carbonyl (C=O) groups excluding carboxylic acids is 1. The zero-order valence-corrected chi connectivity index (χ0v) is 26.9. The number of aliphatic hydroxyl groups is 3. The molecule has 23 heteroatoms. The standard InChI is InChI=1S/C21H42N2O18S2Si/c1-9(2)12-14(24)16(26)21(41-18(12)19(27)22-6-5-7-44(34,35)36)40-17-11(8-37-43(31,32)33)39-20(38-10(3)4)13(15(17)25)23-42(28,29)30/h9-18,20-21,23-26,34-36H,5-8H2,1-4H3,(H,22,27)(H,28,29,30)(H,31,32,33)/t11-,12?,13-,14+,15-,16-,17?,18-,20+,21+/m1/s1. The number of hydrogen-bond donors (Lipinski definition) is 10. The normalized spacial score (nSPS) is 34.0. The Morgan fingerprint density at radius 1 is 0.932 bits per heavy atom. The van der Waals surface area contributed by atoms with Crippen LogP contribution in [0.15, 0.2) is 0 Å². The van der Waals surface area contributed by atoms with Crippen LogP contribution in [0, 0.1) is 11.8 Å². The van der Waals surface area contributed by atoms with Crippen LogP contribution in [0.2, 0.25) is 6.04 Å². The minimum atomic E-state index is -5.08. The first-order chi connectivity index (χ1) is 20.0. The van der Waals surface area contributed by atoms with Gasteiger partial charge in [0, 0.05) is 18.5 Å². The average molecular weight is 703 g/mol. The van der Waals surface area contributed by atoms with Crippen molar-refractivity contribution >= 4 is 35.4 Å². The van der Waals surface area contributed by atoms with Gasteiger partial charge in [-0.05, 0) is 26.2 Å². The average Bonchev–Trinajstić information content (AvgIpc) is 2.84. The van der Waals surface area contributed by atoms with Crippen LogP contribution < -0.4 is 10.0 Å². The van der Waals surface area contributed by atoms with Crippen LogP contribution in [-0.2, 0) is 48.6 Å². The van der Waals surface area contributed by atoms with Crippen molar-refractivity contribution in [3.8, 4) is 0 Å². The predicted molar refractivity (Wildman–Crippen MR) is 146 cm³/mol. The lowest BCUT2D eigenvalue weighted by Gasteiger charge is -2.48. The SMILES string of the molecule is CC(C)O[C@H]1O[C@H](COS(=O)(=O)O)C(O[C@H]2O[C@@H](C(=O)NCCC[Si](O)(O)O)C(C(C)C)[C@H](O)[C@H]2O)[C@H](O)[C@H]1NS(=O)(=O)O. The highest BCUT2D eigenvalue weighted by Gasteiger charge is 2.54. The third-order valence-corrected chi connectivity index (χ3v) is 8.74. The van der Waals surface area contributed by atoms with E-state index in [9.17, 15) is 41.5 Å². The van der Waals surface area contributed by atoms with Crippen molar-refractivity contribution in [2.45, 2.75) is 102 Å². The second kappa shape index (κ2) is 15.7. The second-order valence-electron chi connectivity index (χ2n) is 11.0. The Bertz CT molecular complexity index is 1150. The number of carbonyl (C=O) groups is 1. The van der Waals surface area contributed by atoms with E-state index in [2.05, 4.69) is 9.50 Å². The number of aliphatic hydroxyl groups excluding tert-OH is 3. The van der Waals surface area contributed by atoms with Gasteiger partial charge >= 0.3 is 29.5 Å². The summed E-state index contributed by atoms with van der Waals surface area (Å²) in [5.41, 5.74) is 0. The summed E-state index contributed by atoms with van der Waals surface area (Å²) in [6, 6.07) is -2.19. The Hall–Kier alpha value is -0.973. The van der Waals surface area contributed by atoms with Gasteiger partial charge in [0.25, 0.3) is 0 Å². The zero-order chi connectivity index (χ0) is 33.8. The van der Waals surface area contributed by atoms with E-state index in [1.165, 1.54) is 13.8 Å². The quantitative estimate of drug-likeness (QED) is 0.0437. The molecule has 260 valence electrons. The molecule has 0 aliphatic carbocycles. The smallest absolute Gasteiger partial charge is 0.390 e. The van der Waals surface area contributed by atoms with Gasteiger partial charge in [-0.2, -0.15) is 21.6 Å². The Morgan fingerprint density at radius 2 is 1.55 bits per heavy atom. The van der Waals surface area contributed by atoms with E-state index in [4.69, 9.17) is 37.9 Å². The molecule has 0 aromatic rings. The van der Waals surface area contributed by atoms with Gasteiger partial charge < -0.3 is 54.0 Å². The van der Waals surface area contributed by atoms with Crippen LogP contribution in [0.1, 0.15) is 34.1 Å². The lowest BCUT2D eigenvalue weighted by molar-refractivity contribution is -0.341. The third kappa shape index (κ3) is 12.0. The summed E-state index contributed by atoms with van der Waals surface area (Å²) in [5, 5.41) is 35.4. The van der Waals surface area contributed by atoms with Crippen LogP contribution in [0.4, 0.5) is 0 Å². The summed E-state index contributed by atoms with van der Waals surface area (Å²) in [6.07, 6.45) is -15.1. The highest BCUT2D eigenvalue weighted by Crippen LogP contribution is 2.35. The largest absolute Gasteiger partial charge is 0.492 e. The van der Waals surface area contributed by atoms with Crippen LogP contribution in [0.3, 0.4) is 0 Å². The summed E-state index contributed by atoms with van der Waals surface area (Å²) >= 11 is 0. The maximum Gasteiger partial charge on any atom is 0.492 e. The molecule has 10 N–H and O–H groups in total. The summed E-state index contributed by atoms with van der Waals surface area (Å²) in [5.74, 6) is -2.33. The molecule has 2 fully saturated rings. The molecule has 20 nitrogen and oxygen atoms in total. The minimum Gasteiger partial charge on any atom is -0.390 e. The summed E-state index contributed by atoms with van der Waals surface area (Å²) in [7, 11) is -14.5. The molecule has 10 atom stereocenters. The van der Waals surface area contributed by atoms with Gasteiger partial charge in [0.15, 0.2) is 12.6 Å². The monoisotopic (exact) mass is 702 g/mol. The van der Waals surface area contributed by atoms with Gasteiger partial charge in [-0.3, -0.25) is 13.9 Å². The molecule has 0 saturated carbocycles. The van der Waals surface area contributed by atoms with Crippen molar-refractivity contribution in [3.63, 3.8) is 0 Å². The molecule has 2 heterocycles. The van der Waals surface area contributed by atoms with Crippen molar-refractivity contribution in [2.24, 2.45) is 11.8 Å². The van der Waals surface area contributed by atoms with Crippen LogP contribution >= 0.6 is 0 Å². The number of hydrogen-bond acceptors (Lipinski definition) is 16. The Kier molecular flexibility index (Phi) is 14.0. The fourth-order valence-corrected chi connectivity index (χ4v) is 6.38. The predicted octanol–water partition coefficient (Wildman–Crippen LogP) is -4.40. The summed E-state index contributed by atoms with van der Waals surface area (Å²) in [6.45, 7) is 5.06. The van der Waals surface area contributed by atoms with Gasteiger partial charge in [-0.1, -0.05) is 13.8 Å². The molecule has 0 radical (unpaired) electrons. The Morgan fingerprint density at radius 3 is 2.05 bits per heavy atom. The van der Waals surface area contributed by atoms with E-state index in [1.54, 1.807) is 18.6 Å². The molecular weight excluding hydrogens is 660 g/mol. The van der Waals surface area contributed by atoms with E-state index in [0.29, 0.717) is 0 Å². The molecule has 0 spiro atoms. The number of amides is 1. The third-order valence-electron chi connectivity index (χ3n) is 6.71. The lowest BCUT2D eigenvalue weighted by Crippen LogP contribution is -2.68. The van der Waals surface area contributed by atoms with E-state index in [-0.39, 0.29) is 19.0 Å². The molecule has 2 aliphatic heterocycles. The Labute approximate surface area is 255 Å². The van der Waals surface area contributed by atoms with Crippen molar-refractivity contribution in [3.05, 3.63) is 0 Å². The maximum atomic E-state index is 13.1. The van der Waals surface area contributed by atoms with Crippen LogP contribution in [-0.4, -0.2) is 145 Å². The molecule has 2 saturated heterocycles. The molecule has 0 aromatic heterocycles. The Balaban J connectivity index is 2.39. The van der Waals surface area contributed by atoms with Crippen molar-refractivity contribution in [1.29, 1.82) is 0 Å². The van der Waals surface area contributed by atoms with Crippen molar-refractivity contribution < 1.29 is 83.6 Å². The van der Waals surface area contributed by atoms with E-state index in [0.717, 1.165) is 0 Å². The summed E-state index contributed by atoms with van der Waals surface area (Å²) in [4.78, 5) is 40.5. The van der Waals surface area contributed by atoms with Gasteiger partial charge in [0.1, 0.15) is 36.6 Å². The van der Waals surface area contributed by atoms with E-state index in [1.807, 2.05) is 0 Å². The molecule has 44 heavy (non-hydrogen) atoms. The fourth-order valence-electron chi connectivity index (χ4n) is 4.83. The maximum absolute atomic E-state index is 13.1. The van der Waals surface area contributed by atoms with Crippen molar-refractivity contribution in [1.82, 2.24) is 10.0 Å². The minimum absolute atomic E-state index is 0.0333. The first-order valence-electron chi connectivity index (χ1n) is 13.5. The molecule has 2 unspecified atom stereocenters. The zero-order valence-electron chi connectivity index (χ0n) is 24.2. The lowest BCUT2D eigenvalue weighted by atomic mass is 9.80.